The van der Waals surface area contributed by atoms with Gasteiger partial charge in [-0.2, -0.15) is 4.68 Å². The molecule has 1 atom stereocenters. The minimum atomic E-state index is -0.478. The van der Waals surface area contributed by atoms with Crippen LogP contribution in [0.4, 0.5) is 20.3 Å². The van der Waals surface area contributed by atoms with E-state index in [1.807, 2.05) is 4.90 Å². The number of hydrogen-bond donors (Lipinski definition) is 1. The molecule has 1 aromatic heterocycles. The molecule has 1 aliphatic heterocycles. The molecule has 2 aromatic carbocycles. The van der Waals surface area contributed by atoms with Crippen LogP contribution in [0, 0.1) is 17.6 Å². The number of aromatic nitrogens is 2. The normalized spacial score (nSPS) is 16.2. The van der Waals surface area contributed by atoms with Gasteiger partial charge in [0.2, 0.25) is 5.91 Å². The van der Waals surface area contributed by atoms with E-state index >= 15 is 0 Å². The van der Waals surface area contributed by atoms with Crippen molar-refractivity contribution in [1.29, 1.82) is 0 Å². The van der Waals surface area contributed by atoms with E-state index in [1.54, 1.807) is 6.07 Å². The Hall–Kier alpha value is -3.26. The number of nitrogens with zero attached hydrogens (tertiary/aromatic N) is 3. The van der Waals surface area contributed by atoms with Crippen molar-refractivity contribution < 1.29 is 13.6 Å². The molecule has 1 amide bonds. The Labute approximate surface area is 182 Å². The summed E-state index contributed by atoms with van der Waals surface area (Å²) in [4.78, 5) is 26.9. The van der Waals surface area contributed by atoms with Gasteiger partial charge in [0.1, 0.15) is 17.5 Å². The van der Waals surface area contributed by atoms with E-state index < -0.39 is 11.6 Å². The lowest BCUT2D eigenvalue weighted by atomic mass is 9.97. The lowest BCUT2D eigenvalue weighted by Gasteiger charge is -2.33. The van der Waals surface area contributed by atoms with Crippen LogP contribution in [0.1, 0.15) is 12.8 Å². The molecule has 160 valence electrons. The van der Waals surface area contributed by atoms with Crippen LogP contribution in [-0.2, 0) is 4.79 Å². The smallest absolute Gasteiger partial charge is 0.271 e. The average Bonchev–Trinajstić information content (AvgIpc) is 2.77. The second kappa shape index (κ2) is 8.85. The predicted molar refractivity (Wildman–Crippen MR) is 115 cm³/mol. The SMILES string of the molecule is O=C(Nc1ccc(F)cc1Cl)[C@@H]1CCCN(c2ccc(=O)n(-c3ccc(F)cc3)n2)C1. The predicted octanol–water partition coefficient (Wildman–Crippen LogP) is 4.02. The first-order chi connectivity index (χ1) is 14.9. The van der Waals surface area contributed by atoms with Gasteiger partial charge >= 0.3 is 0 Å². The molecule has 1 fully saturated rings. The van der Waals surface area contributed by atoms with Gasteiger partial charge in [-0.05, 0) is 61.4 Å². The molecule has 3 aromatic rings. The number of carbonyl (C=O) groups excluding carboxylic acids is 1. The Balaban J connectivity index is 1.52. The minimum absolute atomic E-state index is 0.133. The zero-order valence-electron chi connectivity index (χ0n) is 16.4. The van der Waals surface area contributed by atoms with Crippen molar-refractivity contribution in [1.82, 2.24) is 9.78 Å². The van der Waals surface area contributed by atoms with Gasteiger partial charge in [-0.1, -0.05) is 11.6 Å². The molecule has 0 unspecified atom stereocenters. The fourth-order valence-electron chi connectivity index (χ4n) is 3.56. The zero-order valence-corrected chi connectivity index (χ0v) is 17.1. The van der Waals surface area contributed by atoms with E-state index in [-0.39, 0.29) is 22.4 Å². The molecule has 0 aliphatic carbocycles. The monoisotopic (exact) mass is 444 g/mol. The van der Waals surface area contributed by atoms with E-state index in [1.165, 1.54) is 47.1 Å². The Kier molecular flexibility index (Phi) is 5.99. The third-order valence-electron chi connectivity index (χ3n) is 5.16. The molecule has 0 radical (unpaired) electrons. The zero-order chi connectivity index (χ0) is 22.0. The first kappa shape index (κ1) is 21.0. The summed E-state index contributed by atoms with van der Waals surface area (Å²) < 4.78 is 27.6. The quantitative estimate of drug-likeness (QED) is 0.660. The summed E-state index contributed by atoms with van der Waals surface area (Å²) >= 11 is 6.01. The summed E-state index contributed by atoms with van der Waals surface area (Å²) in [5.41, 5.74) is 0.464. The van der Waals surface area contributed by atoms with Crippen LogP contribution in [0.5, 0.6) is 0 Å². The van der Waals surface area contributed by atoms with E-state index in [0.29, 0.717) is 36.7 Å². The van der Waals surface area contributed by atoms with Gasteiger partial charge in [-0.25, -0.2) is 8.78 Å². The number of rotatable bonds is 4. The maximum atomic E-state index is 13.2. The summed E-state index contributed by atoms with van der Waals surface area (Å²) in [7, 11) is 0. The van der Waals surface area contributed by atoms with Crippen LogP contribution in [-0.4, -0.2) is 28.8 Å². The summed E-state index contributed by atoms with van der Waals surface area (Å²) in [6, 6.07) is 12.3. The van der Waals surface area contributed by atoms with Crippen molar-refractivity contribution in [3.05, 3.63) is 81.6 Å². The number of benzene rings is 2. The molecule has 0 spiro atoms. The van der Waals surface area contributed by atoms with E-state index in [0.717, 1.165) is 12.5 Å². The highest BCUT2D eigenvalue weighted by Gasteiger charge is 2.27. The third kappa shape index (κ3) is 4.74. The Morgan fingerprint density at radius 3 is 2.55 bits per heavy atom. The summed E-state index contributed by atoms with van der Waals surface area (Å²) in [5.74, 6) is -0.887. The van der Waals surface area contributed by atoms with Crippen molar-refractivity contribution in [2.24, 2.45) is 5.92 Å². The second-order valence-electron chi connectivity index (χ2n) is 7.32. The lowest BCUT2D eigenvalue weighted by molar-refractivity contribution is -0.120. The molecule has 6 nitrogen and oxygen atoms in total. The first-order valence-electron chi connectivity index (χ1n) is 9.78. The van der Waals surface area contributed by atoms with Crippen molar-refractivity contribution in [2.45, 2.75) is 12.8 Å². The summed E-state index contributed by atoms with van der Waals surface area (Å²) in [6.45, 7) is 1.08. The Morgan fingerprint density at radius 2 is 1.81 bits per heavy atom. The van der Waals surface area contributed by atoms with E-state index in [2.05, 4.69) is 10.4 Å². The Morgan fingerprint density at radius 1 is 1.06 bits per heavy atom. The molecular formula is C22H19ClF2N4O2. The van der Waals surface area contributed by atoms with Gasteiger partial charge in [0.25, 0.3) is 5.56 Å². The van der Waals surface area contributed by atoms with Crippen molar-refractivity contribution in [2.75, 3.05) is 23.3 Å². The van der Waals surface area contributed by atoms with Gasteiger partial charge in [0.15, 0.2) is 0 Å². The number of piperidine rings is 1. The van der Waals surface area contributed by atoms with Crippen molar-refractivity contribution in [3.63, 3.8) is 0 Å². The molecule has 4 rings (SSSR count). The number of hydrogen-bond acceptors (Lipinski definition) is 4. The van der Waals surface area contributed by atoms with E-state index in [9.17, 15) is 18.4 Å². The molecule has 31 heavy (non-hydrogen) atoms. The van der Waals surface area contributed by atoms with Crippen LogP contribution in [0.15, 0.2) is 59.4 Å². The Bertz CT molecular complexity index is 1170. The highest BCUT2D eigenvalue weighted by atomic mass is 35.5. The number of halogens is 3. The van der Waals surface area contributed by atoms with Crippen molar-refractivity contribution >= 4 is 29.0 Å². The van der Waals surface area contributed by atoms with Gasteiger partial charge in [0.05, 0.1) is 22.3 Å². The topological polar surface area (TPSA) is 67.2 Å². The average molecular weight is 445 g/mol. The first-order valence-corrected chi connectivity index (χ1v) is 10.2. The number of nitrogens with one attached hydrogen (secondary N) is 1. The molecule has 0 bridgehead atoms. The van der Waals surface area contributed by atoms with Gasteiger partial charge in [-0.3, -0.25) is 9.59 Å². The number of anilines is 2. The minimum Gasteiger partial charge on any atom is -0.354 e. The van der Waals surface area contributed by atoms with Crippen molar-refractivity contribution in [3.8, 4) is 5.69 Å². The number of amides is 1. The molecule has 1 aliphatic rings. The van der Waals surface area contributed by atoms with E-state index in [4.69, 9.17) is 11.6 Å². The van der Waals surface area contributed by atoms with Gasteiger partial charge in [0, 0.05) is 19.2 Å². The van der Waals surface area contributed by atoms with Crippen LogP contribution in [0.2, 0.25) is 5.02 Å². The molecule has 9 heteroatoms. The fraction of sp³-hybridized carbons (Fsp3) is 0.227. The summed E-state index contributed by atoms with van der Waals surface area (Å²) in [6.07, 6.45) is 1.44. The standard InChI is InChI=1S/C22H19ClF2N4O2/c23-18-12-16(25)5-8-19(18)26-22(31)14-2-1-11-28(13-14)20-9-10-21(30)29(27-20)17-6-3-15(24)4-7-17/h3-10,12,14H,1-2,11,13H2,(H,26,31)/t14-/m1/s1. The van der Waals surface area contributed by atoms with Gasteiger partial charge in [-0.15, -0.1) is 5.10 Å². The van der Waals surface area contributed by atoms with Crippen LogP contribution < -0.4 is 15.8 Å². The second-order valence-corrected chi connectivity index (χ2v) is 7.72. The highest BCUT2D eigenvalue weighted by molar-refractivity contribution is 6.33. The molecule has 2 heterocycles. The van der Waals surface area contributed by atoms with Crippen LogP contribution >= 0.6 is 11.6 Å². The number of carbonyl (C=O) groups is 1. The maximum Gasteiger partial charge on any atom is 0.271 e. The maximum absolute atomic E-state index is 13.2. The van der Waals surface area contributed by atoms with Crippen LogP contribution in [0.25, 0.3) is 5.69 Å². The summed E-state index contributed by atoms with van der Waals surface area (Å²) in [5, 5.41) is 7.30. The van der Waals surface area contributed by atoms with Gasteiger partial charge < -0.3 is 10.2 Å². The highest BCUT2D eigenvalue weighted by Crippen LogP contribution is 2.26. The molecular weight excluding hydrogens is 426 g/mol. The van der Waals surface area contributed by atoms with Crippen LogP contribution in [0.3, 0.4) is 0 Å². The largest absolute Gasteiger partial charge is 0.354 e. The molecule has 1 N–H and O–H groups in total. The fourth-order valence-corrected chi connectivity index (χ4v) is 3.78. The molecule has 1 saturated heterocycles. The third-order valence-corrected chi connectivity index (χ3v) is 5.48. The molecule has 0 saturated carbocycles. The lowest BCUT2D eigenvalue weighted by Crippen LogP contribution is -2.41.